The van der Waals surface area contributed by atoms with Crippen molar-refractivity contribution in [2.75, 3.05) is 0 Å². The van der Waals surface area contributed by atoms with Gasteiger partial charge in [-0.15, -0.1) is 0 Å². The average molecular weight is 337 g/mol. The first-order chi connectivity index (χ1) is 11.8. The maximum Gasteiger partial charge on any atom is 0.264 e. The van der Waals surface area contributed by atoms with E-state index in [1.54, 1.807) is 6.07 Å². The molecule has 4 nitrogen and oxygen atoms in total. The lowest BCUT2D eigenvalue weighted by Crippen LogP contribution is -1.95. The van der Waals surface area contributed by atoms with Crippen molar-refractivity contribution in [3.63, 3.8) is 0 Å². The molecule has 4 aromatic rings. The molecule has 0 fully saturated rings. The predicted molar refractivity (Wildman–Crippen MR) is 93.0 cm³/mol. The molecule has 0 N–H and O–H groups in total. The molecule has 0 radical (unpaired) electrons. The third-order valence-corrected chi connectivity index (χ3v) is 4.00. The normalized spacial score (nSPS) is 10.9. The number of nitrogens with zero attached hydrogens (tertiary/aromatic N) is 2. The minimum atomic E-state index is 0.204. The summed E-state index contributed by atoms with van der Waals surface area (Å²) in [6.45, 7) is 0.204. The smallest absolute Gasteiger partial charge is 0.264 e. The van der Waals surface area contributed by atoms with E-state index < -0.39 is 0 Å². The summed E-state index contributed by atoms with van der Waals surface area (Å²) in [6.07, 6.45) is 0. The number of aromatic nitrogens is 2. The molecule has 0 atom stereocenters. The van der Waals surface area contributed by atoms with Gasteiger partial charge < -0.3 is 9.26 Å². The molecule has 0 aliphatic rings. The van der Waals surface area contributed by atoms with Crippen molar-refractivity contribution in [3.05, 3.63) is 77.6 Å². The summed E-state index contributed by atoms with van der Waals surface area (Å²) in [5.74, 6) is 1.61. The summed E-state index contributed by atoms with van der Waals surface area (Å²) in [7, 11) is 0. The van der Waals surface area contributed by atoms with Gasteiger partial charge in [-0.2, -0.15) is 4.98 Å². The molecule has 0 aliphatic carbocycles. The van der Waals surface area contributed by atoms with Crippen LogP contribution in [0.15, 0.2) is 71.3 Å². The first-order valence-electron chi connectivity index (χ1n) is 7.49. The Hall–Kier alpha value is -2.85. The molecule has 1 aromatic heterocycles. The number of benzene rings is 3. The summed E-state index contributed by atoms with van der Waals surface area (Å²) in [5, 5.41) is 6.84. The van der Waals surface area contributed by atoms with E-state index in [0.717, 1.165) is 16.7 Å². The highest BCUT2D eigenvalue weighted by atomic mass is 35.5. The summed E-state index contributed by atoms with van der Waals surface area (Å²) >= 11 is 6.14. The Morgan fingerprint density at radius 3 is 2.58 bits per heavy atom. The van der Waals surface area contributed by atoms with E-state index in [1.165, 1.54) is 5.39 Å². The zero-order chi connectivity index (χ0) is 16.4. The molecule has 0 aliphatic heterocycles. The lowest BCUT2D eigenvalue weighted by Gasteiger charge is -2.04. The maximum absolute atomic E-state index is 6.14. The number of hydrogen-bond acceptors (Lipinski definition) is 4. The van der Waals surface area contributed by atoms with Crippen LogP contribution >= 0.6 is 11.6 Å². The van der Waals surface area contributed by atoms with Crippen LogP contribution in [0.4, 0.5) is 0 Å². The summed E-state index contributed by atoms with van der Waals surface area (Å²) < 4.78 is 11.0. The molecule has 24 heavy (non-hydrogen) atoms. The van der Waals surface area contributed by atoms with Crippen LogP contribution in [0, 0.1) is 0 Å². The highest BCUT2D eigenvalue weighted by Gasteiger charge is 2.11. The second-order valence-electron chi connectivity index (χ2n) is 5.29. The van der Waals surface area contributed by atoms with Crippen LogP contribution in [0.3, 0.4) is 0 Å². The molecule has 0 unspecified atom stereocenters. The van der Waals surface area contributed by atoms with Gasteiger partial charge in [-0.3, -0.25) is 0 Å². The van der Waals surface area contributed by atoms with Crippen LogP contribution < -0.4 is 4.74 Å². The average Bonchev–Trinajstić information content (AvgIpc) is 3.09. The lowest BCUT2D eigenvalue weighted by atomic mass is 10.1. The van der Waals surface area contributed by atoms with Crippen molar-refractivity contribution in [2.24, 2.45) is 0 Å². The zero-order valence-corrected chi connectivity index (χ0v) is 13.4. The van der Waals surface area contributed by atoms with Crippen LogP contribution in [0.2, 0.25) is 5.02 Å². The van der Waals surface area contributed by atoms with Gasteiger partial charge in [0.25, 0.3) is 5.89 Å². The van der Waals surface area contributed by atoms with Gasteiger partial charge in [0.15, 0.2) is 6.61 Å². The molecular weight excluding hydrogens is 324 g/mol. The maximum atomic E-state index is 6.14. The molecule has 5 heteroatoms. The van der Waals surface area contributed by atoms with E-state index in [9.17, 15) is 0 Å². The van der Waals surface area contributed by atoms with Gasteiger partial charge in [0.2, 0.25) is 5.82 Å². The van der Waals surface area contributed by atoms with Crippen LogP contribution in [-0.4, -0.2) is 10.1 Å². The Bertz CT molecular complexity index is 997. The molecule has 0 saturated heterocycles. The van der Waals surface area contributed by atoms with Gasteiger partial charge in [-0.05, 0) is 35.0 Å². The highest BCUT2D eigenvalue weighted by Crippen LogP contribution is 2.25. The van der Waals surface area contributed by atoms with Crippen molar-refractivity contribution in [3.8, 4) is 17.1 Å². The lowest BCUT2D eigenvalue weighted by molar-refractivity contribution is 0.243. The van der Waals surface area contributed by atoms with Gasteiger partial charge >= 0.3 is 0 Å². The van der Waals surface area contributed by atoms with Gasteiger partial charge in [0.1, 0.15) is 5.75 Å². The number of fused-ring (bicyclic) bond motifs is 1. The Morgan fingerprint density at radius 2 is 1.71 bits per heavy atom. The van der Waals surface area contributed by atoms with Crippen molar-refractivity contribution in [2.45, 2.75) is 6.61 Å². The Kier molecular flexibility index (Phi) is 3.89. The topological polar surface area (TPSA) is 48.2 Å². The fraction of sp³-hybridized carbons (Fsp3) is 0.0526. The molecule has 0 saturated carbocycles. The SMILES string of the molecule is Clc1ccccc1-c1noc(COc2ccc3ccccc3c2)n1. The molecule has 4 rings (SSSR count). The minimum absolute atomic E-state index is 0.204. The van der Waals surface area contributed by atoms with E-state index in [1.807, 2.05) is 54.6 Å². The first kappa shape index (κ1) is 14.7. The molecular formula is C19H13ClN2O2. The molecule has 1 heterocycles. The minimum Gasteiger partial charge on any atom is -0.484 e. The van der Waals surface area contributed by atoms with Crippen molar-refractivity contribution >= 4 is 22.4 Å². The number of halogens is 1. The number of rotatable bonds is 4. The quantitative estimate of drug-likeness (QED) is 0.519. The van der Waals surface area contributed by atoms with Gasteiger partial charge in [-0.1, -0.05) is 59.2 Å². The molecule has 0 spiro atoms. The molecule has 0 bridgehead atoms. The van der Waals surface area contributed by atoms with Gasteiger partial charge in [0.05, 0.1) is 5.02 Å². The summed E-state index contributed by atoms with van der Waals surface area (Å²) in [4.78, 5) is 4.33. The second kappa shape index (κ2) is 6.34. The number of hydrogen-bond donors (Lipinski definition) is 0. The van der Waals surface area contributed by atoms with Crippen molar-refractivity contribution in [1.29, 1.82) is 0 Å². The standard InChI is InChI=1S/C19H13ClN2O2/c20-17-8-4-3-7-16(17)19-21-18(24-22-19)12-23-15-10-9-13-5-1-2-6-14(13)11-15/h1-11H,12H2. The predicted octanol–water partition coefficient (Wildman–Crippen LogP) is 5.12. The third-order valence-electron chi connectivity index (χ3n) is 3.67. The van der Waals surface area contributed by atoms with Gasteiger partial charge in [-0.25, -0.2) is 0 Å². The second-order valence-corrected chi connectivity index (χ2v) is 5.70. The van der Waals surface area contributed by atoms with Crippen LogP contribution in [0.25, 0.3) is 22.2 Å². The number of ether oxygens (including phenoxy) is 1. The van der Waals surface area contributed by atoms with Crippen molar-refractivity contribution < 1.29 is 9.26 Å². The Morgan fingerprint density at radius 1 is 0.917 bits per heavy atom. The van der Waals surface area contributed by atoms with Crippen LogP contribution in [0.1, 0.15) is 5.89 Å². The van der Waals surface area contributed by atoms with E-state index >= 15 is 0 Å². The first-order valence-corrected chi connectivity index (χ1v) is 7.86. The highest BCUT2D eigenvalue weighted by molar-refractivity contribution is 6.33. The zero-order valence-electron chi connectivity index (χ0n) is 12.6. The molecule has 3 aromatic carbocycles. The monoisotopic (exact) mass is 336 g/mol. The van der Waals surface area contributed by atoms with Gasteiger partial charge in [0, 0.05) is 5.56 Å². The van der Waals surface area contributed by atoms with E-state index in [4.69, 9.17) is 20.9 Å². The van der Waals surface area contributed by atoms with Crippen molar-refractivity contribution in [1.82, 2.24) is 10.1 Å². The fourth-order valence-corrected chi connectivity index (χ4v) is 2.69. The molecule has 0 amide bonds. The largest absolute Gasteiger partial charge is 0.484 e. The van der Waals surface area contributed by atoms with E-state index in [0.29, 0.717) is 16.7 Å². The van der Waals surface area contributed by atoms with E-state index in [2.05, 4.69) is 16.2 Å². The Balaban J connectivity index is 1.51. The van der Waals surface area contributed by atoms with Crippen LogP contribution in [0.5, 0.6) is 5.75 Å². The third kappa shape index (κ3) is 2.96. The summed E-state index contributed by atoms with van der Waals surface area (Å²) in [5.41, 5.74) is 0.736. The summed E-state index contributed by atoms with van der Waals surface area (Å²) in [6, 6.07) is 21.4. The van der Waals surface area contributed by atoms with Crippen LogP contribution in [-0.2, 0) is 6.61 Å². The molecule has 118 valence electrons. The Labute approximate surface area is 143 Å². The fourth-order valence-electron chi connectivity index (χ4n) is 2.47. The van der Waals surface area contributed by atoms with E-state index in [-0.39, 0.29) is 6.61 Å².